The minimum Gasteiger partial charge on any atom is -0.398 e. The van der Waals surface area contributed by atoms with Crippen LogP contribution in [0.25, 0.3) is 0 Å². The number of hydrogen-bond acceptors (Lipinski definition) is 4. The summed E-state index contributed by atoms with van der Waals surface area (Å²) in [5.41, 5.74) is 0.565. The minimum atomic E-state index is -0.301. The Bertz CT molecular complexity index is 407. The fourth-order valence-corrected chi connectivity index (χ4v) is 3.99. The molecule has 3 nitrogen and oxygen atoms in total. The zero-order valence-electron chi connectivity index (χ0n) is 12.7. The molecule has 1 saturated heterocycles. The summed E-state index contributed by atoms with van der Waals surface area (Å²) >= 11 is 1.65. The van der Waals surface area contributed by atoms with Gasteiger partial charge in [-0.15, -0.1) is 11.3 Å². The second-order valence-electron chi connectivity index (χ2n) is 5.26. The quantitative estimate of drug-likeness (QED) is 0.776. The van der Waals surface area contributed by atoms with Gasteiger partial charge in [0, 0.05) is 5.38 Å². The highest BCUT2D eigenvalue weighted by Gasteiger charge is 2.59. The van der Waals surface area contributed by atoms with Crippen molar-refractivity contribution in [2.45, 2.75) is 71.5 Å². The van der Waals surface area contributed by atoms with Gasteiger partial charge in [-0.05, 0) is 32.6 Å². The molecule has 0 unspecified atom stereocenters. The SMILES string of the molecule is CCC1(CC)OB(c2csc(C)n2)OC1(CC)CC. The highest BCUT2D eigenvalue weighted by Crippen LogP contribution is 2.46. The summed E-state index contributed by atoms with van der Waals surface area (Å²) < 4.78 is 12.7. The predicted octanol–water partition coefficient (Wildman–Crippen LogP) is 3.31. The lowest BCUT2D eigenvalue weighted by Gasteiger charge is -2.42. The van der Waals surface area contributed by atoms with Gasteiger partial charge in [0.05, 0.1) is 21.8 Å². The minimum absolute atomic E-state index is 0.182. The van der Waals surface area contributed by atoms with Gasteiger partial charge in [0.2, 0.25) is 0 Å². The second kappa shape index (κ2) is 5.54. The van der Waals surface area contributed by atoms with Crippen LogP contribution in [-0.4, -0.2) is 23.3 Å². The Kier molecular flexibility index (Phi) is 4.38. The molecule has 0 aliphatic carbocycles. The second-order valence-corrected chi connectivity index (χ2v) is 6.32. The smallest absolute Gasteiger partial charge is 0.398 e. The lowest BCUT2D eigenvalue weighted by molar-refractivity contribution is -0.0601. The van der Waals surface area contributed by atoms with Gasteiger partial charge in [-0.1, -0.05) is 27.7 Å². The maximum absolute atomic E-state index is 6.37. The van der Waals surface area contributed by atoms with Crippen molar-refractivity contribution in [3.63, 3.8) is 0 Å². The van der Waals surface area contributed by atoms with Crippen molar-refractivity contribution < 1.29 is 9.31 Å². The van der Waals surface area contributed by atoms with Gasteiger partial charge < -0.3 is 9.31 Å². The molecule has 2 rings (SSSR count). The molecule has 0 spiro atoms. The molecule has 0 amide bonds. The first-order valence-corrected chi connectivity index (χ1v) is 8.22. The Morgan fingerprint density at radius 2 is 1.53 bits per heavy atom. The van der Waals surface area contributed by atoms with Gasteiger partial charge in [0.15, 0.2) is 0 Å². The number of aromatic nitrogens is 1. The van der Waals surface area contributed by atoms with E-state index in [1.165, 1.54) is 0 Å². The fraction of sp³-hybridized carbons (Fsp3) is 0.786. The van der Waals surface area contributed by atoms with Crippen LogP contribution < -0.4 is 5.59 Å². The summed E-state index contributed by atoms with van der Waals surface area (Å²) in [7, 11) is -0.301. The molecule has 1 aliphatic rings. The third-order valence-corrected chi connectivity index (χ3v) is 5.45. The van der Waals surface area contributed by atoms with Crippen molar-refractivity contribution in [1.29, 1.82) is 0 Å². The van der Waals surface area contributed by atoms with E-state index >= 15 is 0 Å². The maximum atomic E-state index is 6.37. The molecule has 1 aliphatic heterocycles. The van der Waals surface area contributed by atoms with Crippen molar-refractivity contribution in [3.8, 4) is 0 Å². The molecule has 19 heavy (non-hydrogen) atoms. The lowest BCUT2D eigenvalue weighted by atomic mass is 9.75. The van der Waals surface area contributed by atoms with E-state index in [2.05, 4.69) is 38.1 Å². The summed E-state index contributed by atoms with van der Waals surface area (Å²) in [6.45, 7) is 10.8. The van der Waals surface area contributed by atoms with Crippen LogP contribution in [0.4, 0.5) is 0 Å². The van der Waals surface area contributed by atoms with E-state index < -0.39 is 0 Å². The Morgan fingerprint density at radius 1 is 1.05 bits per heavy atom. The zero-order chi connectivity index (χ0) is 14.1. The van der Waals surface area contributed by atoms with Crippen molar-refractivity contribution in [2.24, 2.45) is 0 Å². The first kappa shape index (κ1) is 15.0. The van der Waals surface area contributed by atoms with E-state index in [4.69, 9.17) is 9.31 Å². The number of rotatable bonds is 5. The van der Waals surface area contributed by atoms with E-state index in [0.29, 0.717) is 0 Å². The van der Waals surface area contributed by atoms with Crippen LogP contribution in [0.2, 0.25) is 0 Å². The zero-order valence-corrected chi connectivity index (χ0v) is 13.5. The molecular formula is C14H24BNO2S. The average molecular weight is 281 g/mol. The van der Waals surface area contributed by atoms with Crippen LogP contribution in [0.1, 0.15) is 58.4 Å². The summed E-state index contributed by atoms with van der Waals surface area (Å²) in [5, 5.41) is 3.11. The van der Waals surface area contributed by atoms with Gasteiger partial charge in [-0.3, -0.25) is 4.98 Å². The Labute approximate surface area is 120 Å². The molecule has 1 fully saturated rings. The number of thiazole rings is 1. The highest BCUT2D eigenvalue weighted by atomic mass is 32.1. The standard InChI is InChI=1S/C14H24BNO2S/c1-6-13(7-2)14(8-3,9-4)18-15(17-13)12-10-19-11(5)16-12/h10H,6-9H2,1-5H3. The molecule has 0 saturated carbocycles. The van der Waals surface area contributed by atoms with Crippen LogP contribution in [0.15, 0.2) is 5.38 Å². The van der Waals surface area contributed by atoms with Crippen LogP contribution in [-0.2, 0) is 9.31 Å². The third-order valence-electron chi connectivity index (χ3n) is 4.66. The van der Waals surface area contributed by atoms with Gasteiger partial charge in [-0.2, -0.15) is 0 Å². The molecular weight excluding hydrogens is 257 g/mol. The molecule has 2 heterocycles. The predicted molar refractivity (Wildman–Crippen MR) is 81.0 cm³/mol. The lowest BCUT2D eigenvalue weighted by Crippen LogP contribution is -2.50. The Morgan fingerprint density at radius 3 is 1.84 bits per heavy atom. The molecule has 106 valence electrons. The molecule has 1 aromatic rings. The Balaban J connectivity index is 2.34. The van der Waals surface area contributed by atoms with Crippen molar-refractivity contribution in [1.82, 2.24) is 4.98 Å². The fourth-order valence-electron chi connectivity index (χ4n) is 3.38. The van der Waals surface area contributed by atoms with Gasteiger partial charge in [0.1, 0.15) is 0 Å². The Hall–Kier alpha value is -0.385. The molecule has 0 N–H and O–H groups in total. The topological polar surface area (TPSA) is 31.4 Å². The van der Waals surface area contributed by atoms with Crippen LogP contribution in [0.3, 0.4) is 0 Å². The van der Waals surface area contributed by atoms with E-state index in [-0.39, 0.29) is 18.3 Å². The summed E-state index contributed by atoms with van der Waals surface area (Å²) in [5.74, 6) is 0. The van der Waals surface area contributed by atoms with Gasteiger partial charge in [0.25, 0.3) is 0 Å². The first-order valence-electron chi connectivity index (χ1n) is 7.34. The maximum Gasteiger partial charge on any atom is 0.515 e. The number of aryl methyl sites for hydroxylation is 1. The molecule has 0 aromatic carbocycles. The number of nitrogens with zero attached hydrogens (tertiary/aromatic N) is 1. The first-order chi connectivity index (χ1) is 9.06. The van der Waals surface area contributed by atoms with E-state index in [9.17, 15) is 0 Å². The third kappa shape index (κ3) is 2.26. The van der Waals surface area contributed by atoms with Crippen LogP contribution in [0.5, 0.6) is 0 Å². The summed E-state index contributed by atoms with van der Waals surface area (Å²) in [4.78, 5) is 4.53. The average Bonchev–Trinajstić information content (AvgIpc) is 3.00. The normalized spacial score (nSPS) is 21.0. The highest BCUT2D eigenvalue weighted by molar-refractivity contribution is 7.10. The molecule has 0 bridgehead atoms. The monoisotopic (exact) mass is 281 g/mol. The molecule has 5 heteroatoms. The summed E-state index contributed by atoms with van der Waals surface area (Å²) in [6, 6.07) is 0. The van der Waals surface area contributed by atoms with E-state index in [1.54, 1.807) is 11.3 Å². The van der Waals surface area contributed by atoms with Crippen molar-refractivity contribution in [3.05, 3.63) is 10.4 Å². The van der Waals surface area contributed by atoms with Crippen LogP contribution >= 0.6 is 11.3 Å². The van der Waals surface area contributed by atoms with E-state index in [1.807, 2.05) is 6.92 Å². The molecule has 0 radical (unpaired) electrons. The van der Waals surface area contributed by atoms with Crippen molar-refractivity contribution in [2.75, 3.05) is 0 Å². The number of hydrogen-bond donors (Lipinski definition) is 0. The largest absolute Gasteiger partial charge is 0.515 e. The molecule has 0 atom stereocenters. The van der Waals surface area contributed by atoms with Gasteiger partial charge in [-0.25, -0.2) is 0 Å². The van der Waals surface area contributed by atoms with Crippen molar-refractivity contribution >= 4 is 24.0 Å². The van der Waals surface area contributed by atoms with E-state index in [0.717, 1.165) is 36.3 Å². The van der Waals surface area contributed by atoms with Gasteiger partial charge >= 0.3 is 7.12 Å². The van der Waals surface area contributed by atoms with Crippen LogP contribution in [0, 0.1) is 6.92 Å². The molecule has 1 aromatic heterocycles. The summed E-state index contributed by atoms with van der Waals surface area (Å²) in [6.07, 6.45) is 3.91.